The zero-order valence-corrected chi connectivity index (χ0v) is 38.8. The van der Waals surface area contributed by atoms with Crippen molar-refractivity contribution < 1.29 is 15.0 Å². The van der Waals surface area contributed by atoms with Crippen LogP contribution in [0.15, 0.2) is 60.8 Å². The third-order valence-electron chi connectivity index (χ3n) is 11.5. The molecule has 0 aromatic carbocycles. The molecule has 0 aliphatic carbocycles. The van der Waals surface area contributed by atoms with E-state index in [0.29, 0.717) is 12.8 Å². The van der Waals surface area contributed by atoms with Crippen molar-refractivity contribution in [2.24, 2.45) is 0 Å². The molecule has 0 fully saturated rings. The van der Waals surface area contributed by atoms with Crippen molar-refractivity contribution in [3.05, 3.63) is 60.8 Å². The summed E-state index contributed by atoms with van der Waals surface area (Å²) in [6.45, 7) is 4.25. The second-order valence-corrected chi connectivity index (χ2v) is 17.2. The van der Waals surface area contributed by atoms with Crippen LogP contribution in [-0.4, -0.2) is 34.9 Å². The first-order chi connectivity index (χ1) is 28.7. The molecule has 4 nitrogen and oxygen atoms in total. The average Bonchev–Trinajstić information content (AvgIpc) is 3.23. The lowest BCUT2D eigenvalue weighted by Crippen LogP contribution is -2.45. The fourth-order valence-electron chi connectivity index (χ4n) is 7.68. The van der Waals surface area contributed by atoms with Crippen molar-refractivity contribution in [2.75, 3.05) is 6.61 Å². The minimum Gasteiger partial charge on any atom is -0.394 e. The van der Waals surface area contributed by atoms with Gasteiger partial charge in [0.05, 0.1) is 18.8 Å². The molecule has 0 aromatic rings. The maximum absolute atomic E-state index is 12.4. The number of allylic oxidation sites excluding steroid dienone is 10. The number of aliphatic hydroxyl groups is 2. The van der Waals surface area contributed by atoms with E-state index in [4.69, 9.17) is 0 Å². The van der Waals surface area contributed by atoms with E-state index < -0.39 is 12.1 Å². The third-order valence-corrected chi connectivity index (χ3v) is 11.5. The molecule has 1 amide bonds. The highest BCUT2D eigenvalue weighted by Crippen LogP contribution is 2.16. The van der Waals surface area contributed by atoms with Crippen LogP contribution in [0, 0.1) is 0 Å². The van der Waals surface area contributed by atoms with Crippen molar-refractivity contribution in [1.29, 1.82) is 0 Å². The summed E-state index contributed by atoms with van der Waals surface area (Å²) in [5.74, 6) is -0.0310. The van der Waals surface area contributed by atoms with E-state index in [1.165, 1.54) is 173 Å². The number of aliphatic hydroxyl groups excluding tert-OH is 2. The Morgan fingerprint density at radius 3 is 1.14 bits per heavy atom. The quantitative estimate of drug-likeness (QED) is 0.0424. The van der Waals surface area contributed by atoms with Crippen LogP contribution in [0.3, 0.4) is 0 Å². The average molecular weight is 810 g/mol. The summed E-state index contributed by atoms with van der Waals surface area (Å²) >= 11 is 0. The van der Waals surface area contributed by atoms with Gasteiger partial charge in [0, 0.05) is 6.42 Å². The predicted octanol–water partition coefficient (Wildman–Crippen LogP) is 16.5. The summed E-state index contributed by atoms with van der Waals surface area (Å²) in [5.41, 5.74) is 0. The van der Waals surface area contributed by atoms with Gasteiger partial charge in [0.25, 0.3) is 0 Å². The molecule has 0 spiro atoms. The molecule has 0 aliphatic rings. The van der Waals surface area contributed by atoms with Crippen LogP contribution in [-0.2, 0) is 4.79 Å². The van der Waals surface area contributed by atoms with Crippen molar-refractivity contribution in [3.8, 4) is 0 Å². The Balaban J connectivity index is 3.45. The number of hydrogen-bond donors (Lipinski definition) is 3. The summed E-state index contributed by atoms with van der Waals surface area (Å²) in [4.78, 5) is 12.4. The highest BCUT2D eigenvalue weighted by molar-refractivity contribution is 5.76. The lowest BCUT2D eigenvalue weighted by molar-refractivity contribution is -0.123. The smallest absolute Gasteiger partial charge is 0.220 e. The Kier molecular flexibility index (Phi) is 47.8. The second-order valence-electron chi connectivity index (χ2n) is 17.2. The minimum atomic E-state index is -0.659. The summed E-state index contributed by atoms with van der Waals surface area (Å²) in [6, 6.07) is -0.536. The fraction of sp³-hybridized carbons (Fsp3) is 0.796. The molecular weight excluding hydrogens is 711 g/mol. The Morgan fingerprint density at radius 2 is 0.759 bits per heavy atom. The van der Waals surface area contributed by atoms with Crippen molar-refractivity contribution >= 4 is 5.91 Å². The fourth-order valence-corrected chi connectivity index (χ4v) is 7.68. The SMILES string of the molecule is CC/C=C\C/C=C\C/C=C\C/C=C\C/C=C\CCCCCCCCCCCCCCCCCCCC(=O)NC(CO)C(O)CCCCCCCCCCCCCCC. The summed E-state index contributed by atoms with van der Waals surface area (Å²) in [7, 11) is 0. The molecule has 0 saturated carbocycles. The highest BCUT2D eigenvalue weighted by atomic mass is 16.3. The standard InChI is InChI=1S/C54H99NO3/c1-3-5-7-9-11-13-15-17-18-19-20-21-22-23-24-25-26-27-28-29-30-31-32-33-34-35-36-38-40-42-44-46-48-50-54(58)55-52(51-56)53(57)49-47-45-43-41-39-37-16-14-12-10-8-6-4-2/h5,7,11,13,17-18,20-21,23-24,52-53,56-57H,3-4,6,8-10,12,14-16,19,22,25-51H2,1-2H3,(H,55,58)/b7-5-,13-11-,18-17-,21-20-,24-23-. The maximum atomic E-state index is 12.4. The molecule has 0 aliphatic heterocycles. The lowest BCUT2D eigenvalue weighted by Gasteiger charge is -2.22. The summed E-state index contributed by atoms with van der Waals surface area (Å²) in [5, 5.41) is 23.2. The number of carbonyl (C=O) groups is 1. The van der Waals surface area contributed by atoms with Gasteiger partial charge in [-0.2, -0.15) is 0 Å². The lowest BCUT2D eigenvalue weighted by atomic mass is 10.0. The van der Waals surface area contributed by atoms with E-state index in [1.54, 1.807) is 0 Å². The molecule has 3 N–H and O–H groups in total. The first-order valence-electron chi connectivity index (χ1n) is 25.5. The monoisotopic (exact) mass is 810 g/mol. The molecule has 58 heavy (non-hydrogen) atoms. The van der Waals surface area contributed by atoms with Crippen molar-refractivity contribution in [1.82, 2.24) is 5.32 Å². The molecule has 338 valence electrons. The molecule has 2 unspecified atom stereocenters. The van der Waals surface area contributed by atoms with Gasteiger partial charge in [0.2, 0.25) is 5.91 Å². The van der Waals surface area contributed by atoms with Crippen molar-refractivity contribution in [3.63, 3.8) is 0 Å². The predicted molar refractivity (Wildman–Crippen MR) is 258 cm³/mol. The van der Waals surface area contributed by atoms with E-state index >= 15 is 0 Å². The van der Waals surface area contributed by atoms with E-state index in [9.17, 15) is 15.0 Å². The molecule has 0 aromatic heterocycles. The normalized spacial score (nSPS) is 13.4. The van der Waals surface area contributed by atoms with Crippen LogP contribution in [0.4, 0.5) is 0 Å². The number of amides is 1. The van der Waals surface area contributed by atoms with Crippen LogP contribution in [0.25, 0.3) is 0 Å². The zero-order chi connectivity index (χ0) is 42.1. The largest absolute Gasteiger partial charge is 0.394 e. The molecule has 0 saturated heterocycles. The van der Waals surface area contributed by atoms with Crippen LogP contribution in [0.2, 0.25) is 0 Å². The first-order valence-corrected chi connectivity index (χ1v) is 25.5. The number of hydrogen-bond acceptors (Lipinski definition) is 3. The molecular formula is C54H99NO3. The van der Waals surface area contributed by atoms with E-state index in [1.807, 2.05) is 0 Å². The van der Waals surface area contributed by atoms with Gasteiger partial charge in [-0.05, 0) is 57.8 Å². The highest BCUT2D eigenvalue weighted by Gasteiger charge is 2.20. The Labute approximate surface area is 362 Å². The maximum Gasteiger partial charge on any atom is 0.220 e. The topological polar surface area (TPSA) is 69.6 Å². The van der Waals surface area contributed by atoms with Gasteiger partial charge in [-0.15, -0.1) is 0 Å². The number of carbonyl (C=O) groups excluding carboxylic acids is 1. The Hall–Kier alpha value is -1.91. The third kappa shape index (κ3) is 45.2. The van der Waals surface area contributed by atoms with Gasteiger partial charge in [0.1, 0.15) is 0 Å². The summed E-state index contributed by atoms with van der Waals surface area (Å²) in [6.07, 6.45) is 69.0. The molecule has 0 bridgehead atoms. The van der Waals surface area contributed by atoms with Gasteiger partial charge in [-0.25, -0.2) is 0 Å². The Bertz CT molecular complexity index is 965. The number of rotatable bonds is 46. The van der Waals surface area contributed by atoms with E-state index in [-0.39, 0.29) is 12.5 Å². The van der Waals surface area contributed by atoms with Crippen LogP contribution < -0.4 is 5.32 Å². The van der Waals surface area contributed by atoms with Crippen molar-refractivity contribution in [2.45, 2.75) is 270 Å². The van der Waals surface area contributed by atoms with Gasteiger partial charge < -0.3 is 15.5 Å². The number of unbranched alkanes of at least 4 members (excludes halogenated alkanes) is 29. The second kappa shape index (κ2) is 49.5. The molecule has 0 radical (unpaired) electrons. The van der Waals surface area contributed by atoms with E-state index in [2.05, 4.69) is 79.9 Å². The first kappa shape index (κ1) is 56.1. The van der Waals surface area contributed by atoms with E-state index in [0.717, 1.165) is 57.8 Å². The van der Waals surface area contributed by atoms with Gasteiger partial charge in [0.15, 0.2) is 0 Å². The minimum absolute atomic E-state index is 0.0310. The van der Waals surface area contributed by atoms with Gasteiger partial charge >= 0.3 is 0 Å². The molecule has 0 rings (SSSR count). The molecule has 0 heterocycles. The van der Waals surface area contributed by atoms with Crippen LogP contribution in [0.1, 0.15) is 258 Å². The molecule has 4 heteroatoms. The van der Waals surface area contributed by atoms with Crippen LogP contribution >= 0.6 is 0 Å². The summed E-state index contributed by atoms with van der Waals surface area (Å²) < 4.78 is 0. The van der Waals surface area contributed by atoms with Crippen LogP contribution in [0.5, 0.6) is 0 Å². The zero-order valence-electron chi connectivity index (χ0n) is 38.8. The van der Waals surface area contributed by atoms with Gasteiger partial charge in [-0.1, -0.05) is 254 Å². The van der Waals surface area contributed by atoms with Gasteiger partial charge in [-0.3, -0.25) is 4.79 Å². The Morgan fingerprint density at radius 1 is 0.431 bits per heavy atom. The number of nitrogens with one attached hydrogen (secondary N) is 1. The molecule has 2 atom stereocenters.